The zero-order valence-corrected chi connectivity index (χ0v) is 21.4. The molecule has 0 aliphatic carbocycles. The number of fused-ring (bicyclic) bond motifs is 2. The number of aromatic amines is 1. The number of nitrogens with zero attached hydrogens (tertiary/aromatic N) is 9. The van der Waals surface area contributed by atoms with E-state index in [1.54, 1.807) is 0 Å². The molecule has 0 spiro atoms. The Labute approximate surface area is 219 Å². The van der Waals surface area contributed by atoms with Crippen LogP contribution >= 0.6 is 0 Å². The average molecular weight is 516 g/mol. The molecule has 0 radical (unpaired) electrons. The van der Waals surface area contributed by atoms with Gasteiger partial charge in [0.25, 0.3) is 0 Å². The number of piperazine rings is 1. The Morgan fingerprint density at radius 1 is 1.00 bits per heavy atom. The van der Waals surface area contributed by atoms with Crippen molar-refractivity contribution in [2.45, 2.75) is 44.9 Å². The summed E-state index contributed by atoms with van der Waals surface area (Å²) in [4.78, 5) is 21.4. The lowest BCUT2D eigenvalue weighted by Crippen LogP contribution is -2.73. The van der Waals surface area contributed by atoms with Gasteiger partial charge < -0.3 is 10.2 Å². The van der Waals surface area contributed by atoms with Gasteiger partial charge in [-0.05, 0) is 31.9 Å². The first kappa shape index (κ1) is 23.2. The SMILES string of the molecule is Cc1cc(Nc2cc(C)[nH]n2)nc(N2CC(N3CC4CC(C3)N4Cc3ccc(-n4cc(F)cn4)nc3)C2)n1. The van der Waals surface area contributed by atoms with E-state index >= 15 is 0 Å². The molecular formula is C26H30FN11. The highest BCUT2D eigenvalue weighted by Crippen LogP contribution is 2.36. The summed E-state index contributed by atoms with van der Waals surface area (Å²) in [5.74, 6) is 2.55. The van der Waals surface area contributed by atoms with E-state index in [0.717, 1.165) is 61.7 Å². The number of aromatic nitrogens is 7. The molecule has 8 rings (SSSR count). The molecule has 4 aromatic rings. The highest BCUT2D eigenvalue weighted by Gasteiger charge is 2.47. The number of hydrogen-bond acceptors (Lipinski definition) is 9. The number of aryl methyl sites for hydroxylation is 2. The highest BCUT2D eigenvalue weighted by molar-refractivity contribution is 5.54. The third-order valence-corrected chi connectivity index (χ3v) is 7.80. The van der Waals surface area contributed by atoms with Crippen LogP contribution in [-0.2, 0) is 6.54 Å². The first-order valence-electron chi connectivity index (χ1n) is 13.0. The molecule has 2 bridgehead atoms. The van der Waals surface area contributed by atoms with Gasteiger partial charge in [0, 0.05) is 80.6 Å². The molecule has 2 unspecified atom stereocenters. The summed E-state index contributed by atoms with van der Waals surface area (Å²) >= 11 is 0. The van der Waals surface area contributed by atoms with Crippen LogP contribution in [0.15, 0.2) is 42.9 Å². The van der Waals surface area contributed by atoms with Crippen molar-refractivity contribution < 1.29 is 4.39 Å². The van der Waals surface area contributed by atoms with Crippen molar-refractivity contribution >= 4 is 17.6 Å². The Bertz CT molecular complexity index is 1430. The smallest absolute Gasteiger partial charge is 0.227 e. The minimum absolute atomic E-state index is 0.364. The van der Waals surface area contributed by atoms with Crippen LogP contribution in [0, 0.1) is 19.7 Å². The largest absolute Gasteiger partial charge is 0.337 e. The fraction of sp³-hybridized carbons (Fsp3) is 0.423. The Balaban J connectivity index is 0.929. The van der Waals surface area contributed by atoms with E-state index in [1.165, 1.54) is 29.1 Å². The van der Waals surface area contributed by atoms with E-state index in [2.05, 4.69) is 51.3 Å². The quantitative estimate of drug-likeness (QED) is 0.384. The molecule has 11 nitrogen and oxygen atoms in total. The summed E-state index contributed by atoms with van der Waals surface area (Å²) in [5, 5.41) is 14.4. The van der Waals surface area contributed by atoms with E-state index in [0.29, 0.717) is 23.9 Å². The minimum atomic E-state index is -0.364. The van der Waals surface area contributed by atoms with Crippen molar-refractivity contribution in [1.82, 2.24) is 44.7 Å². The van der Waals surface area contributed by atoms with Crippen LogP contribution in [0.2, 0.25) is 0 Å². The molecule has 2 N–H and O–H groups in total. The molecule has 0 saturated carbocycles. The number of pyridine rings is 1. The van der Waals surface area contributed by atoms with Crippen LogP contribution in [0.1, 0.15) is 23.4 Å². The molecule has 4 saturated heterocycles. The molecule has 4 aliphatic rings. The fourth-order valence-corrected chi connectivity index (χ4v) is 5.78. The standard InChI is InChI=1S/C26H30FN11/c1-16-5-23(31-24-6-17(2)33-34-24)32-26(30-16)36-14-22(15-36)35-12-20-7-21(13-35)37(20)10-18-3-4-25(28-8-18)38-11-19(27)9-29-38/h3-6,8-9,11,20-22H,7,10,12-15H2,1-2H3,(H2,30,31,32,33,34). The van der Waals surface area contributed by atoms with Crippen molar-refractivity contribution in [3.8, 4) is 5.82 Å². The highest BCUT2D eigenvalue weighted by atomic mass is 19.1. The number of H-pyrrole nitrogens is 1. The van der Waals surface area contributed by atoms with Crippen LogP contribution in [0.25, 0.3) is 5.82 Å². The Hall–Kier alpha value is -3.90. The topological polar surface area (TPSA) is 107 Å². The van der Waals surface area contributed by atoms with Gasteiger partial charge in [-0.25, -0.2) is 19.0 Å². The van der Waals surface area contributed by atoms with E-state index < -0.39 is 0 Å². The first-order valence-corrected chi connectivity index (χ1v) is 13.0. The van der Waals surface area contributed by atoms with Gasteiger partial charge in [0.15, 0.2) is 17.5 Å². The van der Waals surface area contributed by atoms with Gasteiger partial charge in [0.2, 0.25) is 5.95 Å². The van der Waals surface area contributed by atoms with Gasteiger partial charge in [-0.2, -0.15) is 15.2 Å². The fourth-order valence-electron chi connectivity index (χ4n) is 5.78. The third-order valence-electron chi connectivity index (χ3n) is 7.80. The van der Waals surface area contributed by atoms with Crippen LogP contribution in [0.5, 0.6) is 0 Å². The summed E-state index contributed by atoms with van der Waals surface area (Å²) in [6, 6.07) is 9.55. The van der Waals surface area contributed by atoms with Crippen LogP contribution in [0.3, 0.4) is 0 Å². The van der Waals surface area contributed by atoms with E-state index in [4.69, 9.17) is 4.98 Å². The second kappa shape index (κ2) is 9.14. The van der Waals surface area contributed by atoms with Crippen molar-refractivity contribution in [1.29, 1.82) is 0 Å². The normalized spacial score (nSPS) is 21.8. The predicted molar refractivity (Wildman–Crippen MR) is 140 cm³/mol. The molecular weight excluding hydrogens is 485 g/mol. The lowest BCUT2D eigenvalue weighted by atomic mass is 9.85. The van der Waals surface area contributed by atoms with Gasteiger partial charge in [-0.3, -0.25) is 14.9 Å². The number of halogens is 1. The van der Waals surface area contributed by atoms with Crippen molar-refractivity contribution in [3.63, 3.8) is 0 Å². The molecule has 0 amide bonds. The summed E-state index contributed by atoms with van der Waals surface area (Å²) in [7, 11) is 0. The van der Waals surface area contributed by atoms with Gasteiger partial charge in [0.05, 0.1) is 12.4 Å². The van der Waals surface area contributed by atoms with Crippen LogP contribution in [0.4, 0.5) is 22.0 Å². The van der Waals surface area contributed by atoms with Gasteiger partial charge >= 0.3 is 0 Å². The molecule has 4 fully saturated rings. The Morgan fingerprint density at radius 2 is 1.84 bits per heavy atom. The molecule has 12 heteroatoms. The lowest BCUT2D eigenvalue weighted by Gasteiger charge is -2.60. The molecule has 2 atom stereocenters. The monoisotopic (exact) mass is 515 g/mol. The summed E-state index contributed by atoms with van der Waals surface area (Å²) in [6.07, 6.45) is 5.66. The molecule has 4 aliphatic heterocycles. The maximum Gasteiger partial charge on any atom is 0.227 e. The van der Waals surface area contributed by atoms with E-state index in [9.17, 15) is 4.39 Å². The number of piperidine rings is 1. The maximum absolute atomic E-state index is 13.2. The summed E-state index contributed by atoms with van der Waals surface area (Å²) < 4.78 is 14.7. The van der Waals surface area contributed by atoms with Gasteiger partial charge in [-0.1, -0.05) is 6.07 Å². The van der Waals surface area contributed by atoms with Crippen molar-refractivity contribution in [2.75, 3.05) is 36.4 Å². The molecule has 0 aromatic carbocycles. The van der Waals surface area contributed by atoms with Crippen LogP contribution in [-0.4, -0.2) is 89.0 Å². The Morgan fingerprint density at radius 3 is 2.53 bits per heavy atom. The maximum atomic E-state index is 13.2. The van der Waals surface area contributed by atoms with E-state index in [-0.39, 0.29) is 5.82 Å². The lowest BCUT2D eigenvalue weighted by molar-refractivity contribution is -0.0903. The minimum Gasteiger partial charge on any atom is -0.337 e. The van der Waals surface area contributed by atoms with Gasteiger partial charge in [-0.15, -0.1) is 0 Å². The summed E-state index contributed by atoms with van der Waals surface area (Å²) in [5.41, 5.74) is 3.10. The zero-order valence-electron chi connectivity index (χ0n) is 21.4. The third kappa shape index (κ3) is 4.39. The Kier molecular flexibility index (Phi) is 5.59. The van der Waals surface area contributed by atoms with Crippen LogP contribution < -0.4 is 10.2 Å². The second-order valence-corrected chi connectivity index (χ2v) is 10.6. The van der Waals surface area contributed by atoms with Crippen molar-refractivity contribution in [3.05, 3.63) is 65.6 Å². The van der Waals surface area contributed by atoms with E-state index in [1.807, 2.05) is 38.2 Å². The second-order valence-electron chi connectivity index (χ2n) is 10.6. The zero-order chi connectivity index (χ0) is 25.8. The summed E-state index contributed by atoms with van der Waals surface area (Å²) in [6.45, 7) is 8.94. The molecule has 8 heterocycles. The number of anilines is 3. The molecule has 196 valence electrons. The first-order chi connectivity index (χ1) is 18.5. The number of nitrogens with one attached hydrogen (secondary N) is 2. The predicted octanol–water partition coefficient (Wildman–Crippen LogP) is 2.43. The number of rotatable bonds is 7. The average Bonchev–Trinajstić information content (AvgIpc) is 3.49. The molecule has 38 heavy (non-hydrogen) atoms. The number of hydrogen-bond donors (Lipinski definition) is 2. The van der Waals surface area contributed by atoms with Crippen molar-refractivity contribution in [2.24, 2.45) is 0 Å². The molecule has 4 aromatic heterocycles. The van der Waals surface area contributed by atoms with Gasteiger partial charge in [0.1, 0.15) is 5.82 Å².